The van der Waals surface area contributed by atoms with E-state index in [1.54, 1.807) is 0 Å². The number of nitrogens with zero attached hydrogens (tertiary/aromatic N) is 2. The highest BCUT2D eigenvalue weighted by molar-refractivity contribution is 5.84. The zero-order valence-corrected chi connectivity index (χ0v) is 21.7. The molecule has 2 aromatic carbocycles. The summed E-state index contributed by atoms with van der Waals surface area (Å²) in [6.45, 7) is 15.9. The monoisotopic (exact) mass is 464 g/mol. The van der Waals surface area contributed by atoms with Crippen molar-refractivity contribution >= 4 is 12.1 Å². The molecule has 0 fully saturated rings. The normalized spacial score (nSPS) is 13.6. The molecule has 2 rings (SSSR count). The van der Waals surface area contributed by atoms with Gasteiger partial charge in [0.2, 0.25) is 0 Å². The van der Waals surface area contributed by atoms with Crippen LogP contribution in [0.15, 0.2) is 48.5 Å². The topological polar surface area (TPSA) is 81.4 Å². The molecule has 0 radical (unpaired) electrons. The van der Waals surface area contributed by atoms with Crippen LogP contribution in [0, 0.1) is 31.1 Å². The van der Waals surface area contributed by atoms with Crippen LogP contribution in [0.25, 0.3) is 0 Å². The minimum absolute atomic E-state index is 0.176. The lowest BCUT2D eigenvalue weighted by atomic mass is 9.85. The van der Waals surface area contributed by atoms with Crippen molar-refractivity contribution in [3.05, 3.63) is 70.8 Å². The van der Waals surface area contributed by atoms with Gasteiger partial charge in [-0.25, -0.2) is 0 Å². The molecule has 2 aromatic rings. The summed E-state index contributed by atoms with van der Waals surface area (Å²) in [5.41, 5.74) is 5.66. The first-order valence-electron chi connectivity index (χ1n) is 11.9. The number of nitriles is 1. The second-order valence-corrected chi connectivity index (χ2v) is 9.38. The number of aryl methyl sites for hydroxylation is 2. The van der Waals surface area contributed by atoms with Crippen molar-refractivity contribution in [2.45, 2.75) is 79.0 Å². The number of carbonyl (C=O) groups is 2. The number of ketones is 1. The highest BCUT2D eigenvalue weighted by Gasteiger charge is 2.22. The summed E-state index contributed by atoms with van der Waals surface area (Å²) in [6.07, 6.45) is -0.151. The molecule has 5 nitrogen and oxygen atoms in total. The largest absolute Gasteiger partial charge is 0.384 e. The Hall–Kier alpha value is -2.81. The van der Waals surface area contributed by atoms with E-state index in [9.17, 15) is 9.59 Å². The van der Waals surface area contributed by atoms with Gasteiger partial charge in [0, 0.05) is 18.0 Å². The van der Waals surface area contributed by atoms with E-state index in [1.165, 1.54) is 28.3 Å². The standard InChI is InChI=1S/C23H33N.C6H7NO3/c1-17(2)24(18(3)4)15-14-22(21-10-8-7-9-11-21)23-16-19(5)12-13-20(23)6;1-4(9)5(2-7)6(10)3-8/h7-13,16-18,22H,14-15H2,1-6H3;3,5-6,10H,1H3/t22-;/m1./s1. The second-order valence-electron chi connectivity index (χ2n) is 9.38. The van der Waals surface area contributed by atoms with Crippen molar-refractivity contribution < 1.29 is 14.7 Å². The number of aliphatic hydroxyl groups is 1. The van der Waals surface area contributed by atoms with Gasteiger partial charge in [0.25, 0.3) is 0 Å². The van der Waals surface area contributed by atoms with Crippen molar-refractivity contribution in [1.29, 1.82) is 5.26 Å². The minimum Gasteiger partial charge on any atom is -0.384 e. The van der Waals surface area contributed by atoms with E-state index in [0.29, 0.717) is 18.0 Å². The van der Waals surface area contributed by atoms with Crippen LogP contribution >= 0.6 is 0 Å². The first-order valence-corrected chi connectivity index (χ1v) is 11.9. The average Bonchev–Trinajstić information content (AvgIpc) is 2.79. The number of aliphatic hydroxyl groups excluding tert-OH is 1. The number of hydrogen-bond donors (Lipinski definition) is 1. The first-order chi connectivity index (χ1) is 16.0. The molecule has 2 unspecified atom stereocenters. The van der Waals surface area contributed by atoms with Crippen LogP contribution in [0.2, 0.25) is 0 Å². The SMILES string of the molecule is CC(=O)C(C#N)C(O)C=O.Cc1ccc(C)c([C@H](CCN(C(C)C)C(C)C)c2ccccc2)c1. The van der Waals surface area contributed by atoms with Crippen LogP contribution in [0.5, 0.6) is 0 Å². The first kappa shape index (κ1) is 29.2. The Kier molecular flexibility index (Phi) is 12.4. The molecule has 0 saturated carbocycles. The molecule has 184 valence electrons. The summed E-state index contributed by atoms with van der Waals surface area (Å²) >= 11 is 0. The van der Waals surface area contributed by atoms with E-state index in [-0.39, 0.29) is 6.29 Å². The van der Waals surface area contributed by atoms with E-state index in [1.807, 2.05) is 0 Å². The molecule has 0 spiro atoms. The zero-order chi connectivity index (χ0) is 25.8. The lowest BCUT2D eigenvalue weighted by molar-refractivity contribution is -0.127. The van der Waals surface area contributed by atoms with E-state index < -0.39 is 17.8 Å². The third kappa shape index (κ3) is 8.85. The summed E-state index contributed by atoms with van der Waals surface area (Å²) in [7, 11) is 0. The Labute approximate surface area is 205 Å². The Bertz CT molecular complexity index is 940. The molecule has 34 heavy (non-hydrogen) atoms. The highest BCUT2D eigenvalue weighted by atomic mass is 16.3. The van der Waals surface area contributed by atoms with Crippen LogP contribution in [-0.2, 0) is 9.59 Å². The molecular formula is C29H40N2O3. The quantitative estimate of drug-likeness (QED) is 0.488. The smallest absolute Gasteiger partial charge is 0.150 e. The average molecular weight is 465 g/mol. The van der Waals surface area contributed by atoms with Crippen molar-refractivity contribution in [2.75, 3.05) is 6.54 Å². The third-order valence-corrected chi connectivity index (χ3v) is 6.07. The number of carbonyl (C=O) groups excluding carboxylic acids is 2. The minimum atomic E-state index is -1.48. The van der Waals surface area contributed by atoms with Crippen LogP contribution in [-0.4, -0.2) is 46.8 Å². The van der Waals surface area contributed by atoms with E-state index in [0.717, 1.165) is 19.9 Å². The molecule has 0 amide bonds. The maximum Gasteiger partial charge on any atom is 0.150 e. The fourth-order valence-electron chi connectivity index (χ4n) is 4.20. The molecule has 0 aliphatic carbocycles. The lowest BCUT2D eigenvalue weighted by Crippen LogP contribution is -2.38. The van der Waals surface area contributed by atoms with Gasteiger partial charge in [-0.2, -0.15) is 5.26 Å². The van der Waals surface area contributed by atoms with E-state index >= 15 is 0 Å². The van der Waals surface area contributed by atoms with Crippen LogP contribution in [0.4, 0.5) is 0 Å². The van der Waals surface area contributed by atoms with Gasteiger partial charge in [-0.15, -0.1) is 0 Å². The van der Waals surface area contributed by atoms with Gasteiger partial charge >= 0.3 is 0 Å². The van der Waals surface area contributed by atoms with E-state index in [2.05, 4.69) is 95.0 Å². The highest BCUT2D eigenvalue weighted by Crippen LogP contribution is 2.31. The lowest BCUT2D eigenvalue weighted by Gasteiger charge is -2.32. The Morgan fingerprint density at radius 3 is 2.09 bits per heavy atom. The van der Waals surface area contributed by atoms with Crippen LogP contribution in [0.3, 0.4) is 0 Å². The Morgan fingerprint density at radius 1 is 1.06 bits per heavy atom. The number of benzene rings is 2. The van der Waals surface area contributed by atoms with Crippen molar-refractivity contribution in [3.63, 3.8) is 0 Å². The van der Waals surface area contributed by atoms with Gasteiger partial charge in [-0.3, -0.25) is 9.69 Å². The summed E-state index contributed by atoms with van der Waals surface area (Å²) < 4.78 is 0. The number of aldehydes is 1. The summed E-state index contributed by atoms with van der Waals surface area (Å²) in [6, 6.07) is 20.5. The summed E-state index contributed by atoms with van der Waals surface area (Å²) in [5, 5.41) is 16.9. The fraction of sp³-hybridized carbons (Fsp3) is 0.483. The number of hydrogen-bond acceptors (Lipinski definition) is 5. The number of Topliss-reactive ketones (excluding diaryl/α,β-unsaturated/α-hetero) is 1. The van der Waals surface area contributed by atoms with Crippen molar-refractivity contribution in [3.8, 4) is 6.07 Å². The molecule has 3 atom stereocenters. The maximum absolute atomic E-state index is 10.4. The van der Waals surface area contributed by atoms with Gasteiger partial charge in [0.05, 0.1) is 6.07 Å². The molecule has 0 bridgehead atoms. The van der Waals surface area contributed by atoms with Crippen LogP contribution < -0.4 is 0 Å². The molecule has 5 heteroatoms. The molecule has 0 heterocycles. The van der Waals surface area contributed by atoms with Crippen molar-refractivity contribution in [1.82, 2.24) is 4.90 Å². The maximum atomic E-state index is 10.4. The summed E-state index contributed by atoms with van der Waals surface area (Å²) in [5.74, 6) is -1.24. The van der Waals surface area contributed by atoms with Gasteiger partial charge in [-0.05, 0) is 78.1 Å². The fourth-order valence-corrected chi connectivity index (χ4v) is 4.20. The van der Waals surface area contributed by atoms with E-state index in [4.69, 9.17) is 10.4 Å². The predicted octanol–water partition coefficient (Wildman–Crippen LogP) is 5.22. The molecular weight excluding hydrogens is 424 g/mol. The molecule has 0 aliphatic heterocycles. The molecule has 0 saturated heterocycles. The zero-order valence-electron chi connectivity index (χ0n) is 21.7. The Balaban J connectivity index is 0.000000489. The predicted molar refractivity (Wildman–Crippen MR) is 138 cm³/mol. The third-order valence-electron chi connectivity index (χ3n) is 6.07. The molecule has 0 aliphatic rings. The molecule has 0 aromatic heterocycles. The van der Waals surface area contributed by atoms with Crippen molar-refractivity contribution in [2.24, 2.45) is 5.92 Å². The van der Waals surface area contributed by atoms with Crippen LogP contribution in [0.1, 0.15) is 69.2 Å². The van der Waals surface area contributed by atoms with Gasteiger partial charge < -0.3 is 9.90 Å². The molecule has 1 N–H and O–H groups in total. The number of rotatable bonds is 10. The van der Waals surface area contributed by atoms with Gasteiger partial charge in [-0.1, -0.05) is 54.1 Å². The van der Waals surface area contributed by atoms with Gasteiger partial charge in [0.1, 0.15) is 24.1 Å². The summed E-state index contributed by atoms with van der Waals surface area (Å²) in [4.78, 5) is 22.9. The second kappa shape index (κ2) is 14.5. The Morgan fingerprint density at radius 2 is 1.65 bits per heavy atom. The van der Waals surface area contributed by atoms with Gasteiger partial charge in [0.15, 0.2) is 0 Å².